The van der Waals surface area contributed by atoms with E-state index in [4.69, 9.17) is 0 Å². The van der Waals surface area contributed by atoms with Gasteiger partial charge in [0, 0.05) is 27.2 Å². The van der Waals surface area contributed by atoms with Gasteiger partial charge < -0.3 is 10.0 Å². The Bertz CT molecular complexity index is 1060. The van der Waals surface area contributed by atoms with Gasteiger partial charge in [0.15, 0.2) is 0 Å². The van der Waals surface area contributed by atoms with E-state index in [-0.39, 0.29) is 22.3 Å². The molecule has 0 fully saturated rings. The van der Waals surface area contributed by atoms with Gasteiger partial charge in [-0.25, -0.2) is 9.79 Å². The summed E-state index contributed by atoms with van der Waals surface area (Å²) in [7, 11) is 2.72. The molecule has 0 aliphatic rings. The maximum absolute atomic E-state index is 12.8. The van der Waals surface area contributed by atoms with Crippen molar-refractivity contribution in [1.82, 2.24) is 14.0 Å². The van der Waals surface area contributed by atoms with Gasteiger partial charge in [-0.3, -0.25) is 18.7 Å². The van der Waals surface area contributed by atoms with Gasteiger partial charge in [-0.05, 0) is 31.9 Å². The number of aryl methyl sites for hydroxylation is 1. The molecule has 0 aliphatic heterocycles. The van der Waals surface area contributed by atoms with Crippen LogP contribution in [0.15, 0.2) is 38.8 Å². The number of thioether (sulfide) groups is 1. The Morgan fingerprint density at radius 2 is 1.65 bits per heavy atom. The third-order valence-corrected chi connectivity index (χ3v) is 5.74. The highest BCUT2D eigenvalue weighted by Crippen LogP contribution is 2.23. The zero-order valence-corrected chi connectivity index (χ0v) is 19.5. The molecule has 0 saturated heterocycles. The summed E-state index contributed by atoms with van der Waals surface area (Å²) in [6.07, 6.45) is 1.70. The van der Waals surface area contributed by atoms with Crippen LogP contribution in [0.5, 0.6) is 5.88 Å². The van der Waals surface area contributed by atoms with Gasteiger partial charge in [0.05, 0.1) is 11.4 Å². The highest BCUT2D eigenvalue weighted by atomic mass is 32.2. The number of rotatable bonds is 8. The molecular weight excluding hydrogens is 416 g/mol. The van der Waals surface area contributed by atoms with Crippen LogP contribution in [0.25, 0.3) is 0 Å². The lowest BCUT2D eigenvalue weighted by Crippen LogP contribution is -2.40. The van der Waals surface area contributed by atoms with Crippen molar-refractivity contribution in [3.8, 4) is 5.88 Å². The van der Waals surface area contributed by atoms with Crippen molar-refractivity contribution in [3.63, 3.8) is 0 Å². The molecule has 1 N–H and O–H groups in total. The molecule has 8 nitrogen and oxygen atoms in total. The Morgan fingerprint density at radius 1 is 1.06 bits per heavy atom. The molecule has 9 heteroatoms. The first-order valence-corrected chi connectivity index (χ1v) is 11.2. The molecule has 0 unspecified atom stereocenters. The van der Waals surface area contributed by atoms with Gasteiger partial charge in [-0.15, -0.1) is 0 Å². The molecule has 2 rings (SSSR count). The number of hydrogen-bond acceptors (Lipinski definition) is 6. The quantitative estimate of drug-likeness (QED) is 0.497. The molecule has 1 aromatic heterocycles. The number of benzene rings is 1. The third-order valence-electron chi connectivity index (χ3n) is 4.78. The van der Waals surface area contributed by atoms with E-state index >= 15 is 0 Å². The zero-order valence-electron chi connectivity index (χ0n) is 18.7. The predicted molar refractivity (Wildman–Crippen MR) is 126 cm³/mol. The van der Waals surface area contributed by atoms with Crippen LogP contribution < -0.4 is 11.2 Å². The van der Waals surface area contributed by atoms with Gasteiger partial charge in [0.1, 0.15) is 10.6 Å². The van der Waals surface area contributed by atoms with E-state index in [0.29, 0.717) is 18.8 Å². The summed E-state index contributed by atoms with van der Waals surface area (Å²) in [6, 6.07) is 7.35. The number of carbonyl (C=O) groups is 1. The second kappa shape index (κ2) is 11.0. The first-order chi connectivity index (χ1) is 14.7. The first kappa shape index (κ1) is 24.5. The van der Waals surface area contributed by atoms with Gasteiger partial charge in [0.2, 0.25) is 11.8 Å². The molecule has 0 spiro atoms. The average Bonchev–Trinajstić information content (AvgIpc) is 2.75. The summed E-state index contributed by atoms with van der Waals surface area (Å²) in [5, 5.41) is 10.8. The Balaban J connectivity index is 2.51. The monoisotopic (exact) mass is 446 g/mol. The summed E-state index contributed by atoms with van der Waals surface area (Å²) in [6.45, 7) is 7.29. The standard InChI is InChI=1S/C22H30N4O4S/c1-6-12-26(13-7-2)17(27)14-31-19(23-16-10-8-15(3)9-11-16)18-20(28)24(4)22(30)25(5)21(18)29/h8-11,28H,6-7,12-14H2,1-5H3. The van der Waals surface area contributed by atoms with Crippen LogP contribution in [0.4, 0.5) is 5.69 Å². The van der Waals surface area contributed by atoms with Crippen molar-refractivity contribution in [1.29, 1.82) is 0 Å². The summed E-state index contributed by atoms with van der Waals surface area (Å²) >= 11 is 1.08. The molecule has 1 aromatic carbocycles. The van der Waals surface area contributed by atoms with E-state index < -0.39 is 17.1 Å². The number of hydrogen-bond donors (Lipinski definition) is 1. The molecule has 0 atom stereocenters. The Hall–Kier alpha value is -2.81. The molecule has 168 valence electrons. The van der Waals surface area contributed by atoms with Gasteiger partial charge in [-0.1, -0.05) is 43.3 Å². The topological polar surface area (TPSA) is 96.9 Å². The summed E-state index contributed by atoms with van der Waals surface area (Å²) in [5.74, 6) is -0.472. The first-order valence-electron chi connectivity index (χ1n) is 10.3. The highest BCUT2D eigenvalue weighted by molar-refractivity contribution is 8.15. The lowest BCUT2D eigenvalue weighted by Gasteiger charge is -2.21. The number of amides is 1. The molecule has 1 amide bonds. The Kier molecular flexibility index (Phi) is 8.67. The SMILES string of the molecule is CCCN(CCC)C(=O)CSC(=Nc1ccc(C)cc1)c1c(O)n(C)c(=O)n(C)c1=O. The molecule has 0 saturated carbocycles. The number of carbonyl (C=O) groups excluding carboxylic acids is 1. The van der Waals surface area contributed by atoms with Crippen LogP contribution in [0.3, 0.4) is 0 Å². The largest absolute Gasteiger partial charge is 0.494 e. The fourth-order valence-corrected chi connectivity index (χ4v) is 3.98. The van der Waals surface area contributed by atoms with Gasteiger partial charge in [-0.2, -0.15) is 0 Å². The smallest absolute Gasteiger partial charge is 0.333 e. The van der Waals surface area contributed by atoms with E-state index in [9.17, 15) is 19.5 Å². The normalized spacial score (nSPS) is 11.6. The van der Waals surface area contributed by atoms with Gasteiger partial charge >= 0.3 is 5.69 Å². The Labute approximate surface area is 186 Å². The number of aliphatic imine (C=N–C) groups is 1. The van der Waals surface area contributed by atoms with Crippen molar-refractivity contribution in [2.24, 2.45) is 19.1 Å². The summed E-state index contributed by atoms with van der Waals surface area (Å²) in [5.41, 5.74) is 0.235. The summed E-state index contributed by atoms with van der Waals surface area (Å²) in [4.78, 5) is 44.1. The van der Waals surface area contributed by atoms with Crippen LogP contribution in [0.2, 0.25) is 0 Å². The zero-order chi connectivity index (χ0) is 23.1. The van der Waals surface area contributed by atoms with E-state index in [1.54, 1.807) is 17.0 Å². The van der Waals surface area contributed by atoms with Crippen molar-refractivity contribution < 1.29 is 9.90 Å². The number of nitrogens with zero attached hydrogens (tertiary/aromatic N) is 4. The van der Waals surface area contributed by atoms with E-state index in [0.717, 1.165) is 39.3 Å². The van der Waals surface area contributed by atoms with Gasteiger partial charge in [0.25, 0.3) is 5.56 Å². The van der Waals surface area contributed by atoms with Crippen LogP contribution >= 0.6 is 11.8 Å². The fourth-order valence-electron chi connectivity index (χ4n) is 3.04. The number of aromatic nitrogens is 2. The second-order valence-electron chi connectivity index (χ2n) is 7.33. The lowest BCUT2D eigenvalue weighted by atomic mass is 10.2. The molecule has 1 heterocycles. The molecule has 31 heavy (non-hydrogen) atoms. The highest BCUT2D eigenvalue weighted by Gasteiger charge is 2.22. The van der Waals surface area contributed by atoms with Crippen LogP contribution in [0.1, 0.15) is 37.8 Å². The van der Waals surface area contributed by atoms with Crippen LogP contribution in [-0.2, 0) is 18.9 Å². The van der Waals surface area contributed by atoms with E-state index in [1.807, 2.05) is 32.9 Å². The third kappa shape index (κ3) is 5.88. The van der Waals surface area contributed by atoms with Crippen molar-refractivity contribution >= 4 is 28.4 Å². The van der Waals surface area contributed by atoms with Crippen LogP contribution in [0, 0.1) is 6.92 Å². The van der Waals surface area contributed by atoms with E-state index in [2.05, 4.69) is 4.99 Å². The average molecular weight is 447 g/mol. The predicted octanol–water partition coefficient (Wildman–Crippen LogP) is 2.56. The molecule has 2 aromatic rings. The van der Waals surface area contributed by atoms with Crippen LogP contribution in [-0.4, -0.2) is 48.9 Å². The minimum atomic E-state index is -0.662. The fraction of sp³-hybridized carbons (Fsp3) is 0.455. The minimum absolute atomic E-state index is 0.0635. The maximum atomic E-state index is 12.8. The molecule has 0 radical (unpaired) electrons. The summed E-state index contributed by atoms with van der Waals surface area (Å²) < 4.78 is 1.91. The minimum Gasteiger partial charge on any atom is -0.494 e. The molecule has 0 aliphatic carbocycles. The van der Waals surface area contributed by atoms with E-state index in [1.165, 1.54) is 14.1 Å². The Morgan fingerprint density at radius 3 is 2.19 bits per heavy atom. The maximum Gasteiger partial charge on any atom is 0.333 e. The van der Waals surface area contributed by atoms with Crippen molar-refractivity contribution in [2.45, 2.75) is 33.6 Å². The second-order valence-corrected chi connectivity index (χ2v) is 8.29. The molecular formula is C22H30N4O4S. The number of aromatic hydroxyl groups is 1. The van der Waals surface area contributed by atoms with Crippen molar-refractivity contribution in [2.75, 3.05) is 18.8 Å². The van der Waals surface area contributed by atoms with Crippen molar-refractivity contribution in [3.05, 3.63) is 56.2 Å². The molecule has 0 bridgehead atoms. The lowest BCUT2D eigenvalue weighted by molar-refractivity contribution is -0.128.